The van der Waals surface area contributed by atoms with E-state index in [-0.39, 0.29) is 29.4 Å². The number of hydrogen-bond donors (Lipinski definition) is 3. The molecule has 5 rings (SSSR count). The van der Waals surface area contributed by atoms with Gasteiger partial charge in [-0.2, -0.15) is 0 Å². The molecule has 3 N–H and O–H groups in total. The number of nitrogens with zero attached hydrogens (tertiary/aromatic N) is 1. The molecule has 1 saturated heterocycles. The molecule has 0 spiro atoms. The Morgan fingerprint density at radius 2 is 1.76 bits per heavy atom. The Morgan fingerprint density at radius 3 is 2.48 bits per heavy atom. The van der Waals surface area contributed by atoms with Crippen LogP contribution >= 0.6 is 0 Å². The number of aryl methyl sites for hydroxylation is 1. The molecule has 2 heterocycles. The Bertz CT molecular complexity index is 1220. The highest BCUT2D eigenvalue weighted by Gasteiger charge is 2.54. The molecule has 33 heavy (non-hydrogen) atoms. The maximum atomic E-state index is 13.8. The Balaban J connectivity index is 1.54. The summed E-state index contributed by atoms with van der Waals surface area (Å²) >= 11 is 0. The smallest absolute Gasteiger partial charge is 0.252 e. The molecule has 3 aromatic rings. The fraction of sp³-hybridized carbons (Fsp3) is 0.259. The molecule has 6 heteroatoms. The molecule has 1 fully saturated rings. The average molecular weight is 443 g/mol. The summed E-state index contributed by atoms with van der Waals surface area (Å²) in [6.45, 7) is 2.46. The topological polar surface area (TPSA) is 89.9 Å². The number of carbonyl (C=O) groups is 2. The van der Waals surface area contributed by atoms with Crippen molar-refractivity contribution in [1.82, 2.24) is 10.2 Å². The van der Waals surface area contributed by atoms with Crippen LogP contribution in [0.15, 0.2) is 66.7 Å². The Hall–Kier alpha value is -3.80. The first-order valence-electron chi connectivity index (χ1n) is 11.2. The molecule has 0 saturated carbocycles. The number of fused-ring (bicyclic) bond motifs is 3. The molecule has 0 aromatic heterocycles. The molecular weight excluding hydrogens is 416 g/mol. The van der Waals surface area contributed by atoms with Crippen LogP contribution < -0.4 is 5.32 Å². The van der Waals surface area contributed by atoms with Gasteiger partial charge in [0, 0.05) is 24.9 Å². The summed E-state index contributed by atoms with van der Waals surface area (Å²) in [6, 6.07) is 19.8. The predicted octanol–water partition coefficient (Wildman–Crippen LogP) is 3.65. The maximum Gasteiger partial charge on any atom is 0.252 e. The minimum absolute atomic E-state index is 0.116. The lowest BCUT2D eigenvalue weighted by Crippen LogP contribution is -2.55. The van der Waals surface area contributed by atoms with E-state index < -0.39 is 5.54 Å². The summed E-state index contributed by atoms with van der Waals surface area (Å²) in [7, 11) is 0. The van der Waals surface area contributed by atoms with Crippen molar-refractivity contribution in [2.24, 2.45) is 0 Å². The highest BCUT2D eigenvalue weighted by molar-refractivity contribution is 6.00. The van der Waals surface area contributed by atoms with E-state index in [1.54, 1.807) is 29.2 Å². The van der Waals surface area contributed by atoms with Gasteiger partial charge in [-0.15, -0.1) is 0 Å². The Labute approximate surface area is 192 Å². The van der Waals surface area contributed by atoms with Gasteiger partial charge in [-0.1, -0.05) is 48.0 Å². The van der Waals surface area contributed by atoms with Crippen molar-refractivity contribution in [2.75, 3.05) is 6.54 Å². The molecule has 0 radical (unpaired) electrons. The van der Waals surface area contributed by atoms with E-state index in [0.29, 0.717) is 31.4 Å². The van der Waals surface area contributed by atoms with E-state index in [4.69, 9.17) is 0 Å². The Morgan fingerprint density at radius 1 is 1.06 bits per heavy atom. The second kappa shape index (κ2) is 7.96. The van der Waals surface area contributed by atoms with Gasteiger partial charge in [0.15, 0.2) is 11.5 Å². The van der Waals surface area contributed by atoms with Gasteiger partial charge in [0.1, 0.15) is 5.54 Å². The van der Waals surface area contributed by atoms with Gasteiger partial charge in [0.25, 0.3) is 5.91 Å². The van der Waals surface area contributed by atoms with Crippen LogP contribution in [0.5, 0.6) is 11.5 Å². The highest BCUT2D eigenvalue weighted by Crippen LogP contribution is 2.46. The highest BCUT2D eigenvalue weighted by atomic mass is 16.3. The summed E-state index contributed by atoms with van der Waals surface area (Å²) in [6.07, 6.45) is 1.34. The monoisotopic (exact) mass is 442 g/mol. The van der Waals surface area contributed by atoms with Crippen LogP contribution in [0.3, 0.4) is 0 Å². The summed E-state index contributed by atoms with van der Waals surface area (Å²) in [5.41, 5.74) is 3.16. The number of amides is 2. The number of phenolic OH excluding ortho intramolecular Hbond substituents is 2. The van der Waals surface area contributed by atoms with E-state index in [2.05, 4.69) is 5.32 Å². The van der Waals surface area contributed by atoms with E-state index in [1.807, 2.05) is 49.4 Å². The Kier molecular flexibility index (Phi) is 5.08. The van der Waals surface area contributed by atoms with Crippen LogP contribution in [0.25, 0.3) is 0 Å². The van der Waals surface area contributed by atoms with Gasteiger partial charge >= 0.3 is 0 Å². The lowest BCUT2D eigenvalue weighted by atomic mass is 9.84. The van der Waals surface area contributed by atoms with Crippen LogP contribution in [0.2, 0.25) is 0 Å². The maximum absolute atomic E-state index is 13.8. The SMILES string of the molecule is Cc1ccc(C(=O)N[C@]2(Cc3ccccc3)C[C@@H]3c4cc(O)c(O)cc4CCN3C2=O)cc1. The van der Waals surface area contributed by atoms with Crippen LogP contribution in [-0.2, 0) is 17.6 Å². The first-order chi connectivity index (χ1) is 15.9. The van der Waals surface area contributed by atoms with Crippen molar-refractivity contribution >= 4 is 11.8 Å². The van der Waals surface area contributed by atoms with Crippen LogP contribution in [-0.4, -0.2) is 39.0 Å². The van der Waals surface area contributed by atoms with Crippen LogP contribution in [0, 0.1) is 6.92 Å². The fourth-order valence-electron chi connectivity index (χ4n) is 5.12. The number of aromatic hydroxyl groups is 2. The summed E-state index contributed by atoms with van der Waals surface area (Å²) in [4.78, 5) is 28.9. The quantitative estimate of drug-likeness (QED) is 0.538. The van der Waals surface area contributed by atoms with Crippen molar-refractivity contribution in [2.45, 2.75) is 37.8 Å². The molecule has 6 nitrogen and oxygen atoms in total. The molecule has 0 bridgehead atoms. The minimum atomic E-state index is -1.11. The van der Waals surface area contributed by atoms with Gasteiger partial charge in [-0.05, 0) is 54.3 Å². The fourth-order valence-corrected chi connectivity index (χ4v) is 5.12. The third-order valence-electron chi connectivity index (χ3n) is 6.82. The van der Waals surface area contributed by atoms with E-state index >= 15 is 0 Å². The van der Waals surface area contributed by atoms with E-state index in [0.717, 1.165) is 22.3 Å². The number of rotatable bonds is 4. The first kappa shape index (κ1) is 21.1. The van der Waals surface area contributed by atoms with Crippen molar-refractivity contribution < 1.29 is 19.8 Å². The van der Waals surface area contributed by atoms with Gasteiger partial charge in [-0.25, -0.2) is 0 Å². The first-order valence-corrected chi connectivity index (χ1v) is 11.2. The van der Waals surface area contributed by atoms with E-state index in [9.17, 15) is 19.8 Å². The summed E-state index contributed by atoms with van der Waals surface area (Å²) in [5, 5.41) is 23.2. The van der Waals surface area contributed by atoms with Crippen molar-refractivity contribution in [3.8, 4) is 11.5 Å². The standard InChI is InChI=1S/C27H26N2O4/c1-17-7-9-19(10-8-17)25(32)28-27(15-18-5-3-2-4-6-18)16-22-21-14-24(31)23(30)13-20(21)11-12-29(22)26(27)33/h2-10,13-14,22,30-31H,11-12,15-16H2,1H3,(H,28,32)/t22-,27-/m1/s1. The third-order valence-corrected chi connectivity index (χ3v) is 6.82. The second-order valence-electron chi connectivity index (χ2n) is 9.07. The lowest BCUT2D eigenvalue weighted by Gasteiger charge is -2.32. The normalized spacial score (nSPS) is 21.4. The molecular formula is C27H26N2O4. The zero-order chi connectivity index (χ0) is 23.2. The van der Waals surface area contributed by atoms with Crippen molar-refractivity contribution in [1.29, 1.82) is 0 Å². The number of hydrogen-bond acceptors (Lipinski definition) is 4. The summed E-state index contributed by atoms with van der Waals surface area (Å²) < 4.78 is 0. The van der Waals surface area contributed by atoms with Crippen molar-refractivity contribution in [3.63, 3.8) is 0 Å². The molecule has 2 amide bonds. The molecule has 0 unspecified atom stereocenters. The number of benzene rings is 3. The van der Waals surface area contributed by atoms with Gasteiger partial charge in [0.05, 0.1) is 6.04 Å². The third kappa shape index (κ3) is 3.71. The van der Waals surface area contributed by atoms with Gasteiger partial charge in [0.2, 0.25) is 5.91 Å². The molecule has 3 aromatic carbocycles. The zero-order valence-electron chi connectivity index (χ0n) is 18.4. The van der Waals surface area contributed by atoms with Crippen LogP contribution in [0.4, 0.5) is 0 Å². The van der Waals surface area contributed by atoms with E-state index in [1.165, 1.54) is 0 Å². The molecule has 0 aliphatic carbocycles. The van der Waals surface area contributed by atoms with Crippen molar-refractivity contribution in [3.05, 3.63) is 94.5 Å². The molecule has 168 valence electrons. The number of phenols is 2. The molecule has 2 atom stereocenters. The van der Waals surface area contributed by atoms with Gasteiger partial charge < -0.3 is 20.4 Å². The number of nitrogens with one attached hydrogen (secondary N) is 1. The molecule has 2 aliphatic rings. The number of carbonyl (C=O) groups excluding carboxylic acids is 2. The zero-order valence-corrected chi connectivity index (χ0v) is 18.4. The second-order valence-corrected chi connectivity index (χ2v) is 9.07. The lowest BCUT2D eigenvalue weighted by molar-refractivity contribution is -0.134. The largest absolute Gasteiger partial charge is 0.504 e. The average Bonchev–Trinajstić information content (AvgIpc) is 3.07. The van der Waals surface area contributed by atoms with Gasteiger partial charge in [-0.3, -0.25) is 9.59 Å². The van der Waals surface area contributed by atoms with Crippen LogP contribution in [0.1, 0.15) is 45.1 Å². The predicted molar refractivity (Wildman–Crippen MR) is 124 cm³/mol. The molecule has 2 aliphatic heterocycles. The minimum Gasteiger partial charge on any atom is -0.504 e. The summed E-state index contributed by atoms with van der Waals surface area (Å²) in [5.74, 6) is -0.759.